The summed E-state index contributed by atoms with van der Waals surface area (Å²) >= 11 is 0. The first-order valence-electron chi connectivity index (χ1n) is 13.3. The van der Waals surface area contributed by atoms with Crippen molar-refractivity contribution in [1.82, 2.24) is 0 Å². The van der Waals surface area contributed by atoms with E-state index in [2.05, 4.69) is 149 Å². The van der Waals surface area contributed by atoms with E-state index in [1.54, 1.807) is 0 Å². The quantitative estimate of drug-likeness (QED) is 0.207. The van der Waals surface area contributed by atoms with Gasteiger partial charge in [-0.25, -0.2) is 12.1 Å². The SMILES string of the molecule is CC(C)(C)c1cc(C(C)(C)C)c(C(C)(C)C)[cH-]1.CC(C)(C)c1cc(C(C)(C)C)c(C(C)(C)C)[cH-]1.[Fe+2].[Fe+2].[I-].[I-]. The summed E-state index contributed by atoms with van der Waals surface area (Å²) in [6.45, 7) is 41.5. The Kier molecular flexibility index (Phi) is 18.3. The number of hydrogen-bond acceptors (Lipinski definition) is 0. The summed E-state index contributed by atoms with van der Waals surface area (Å²) in [7, 11) is 0. The molecule has 0 amide bonds. The number of rotatable bonds is 0. The molecule has 0 aromatic heterocycles. The van der Waals surface area contributed by atoms with Crippen LogP contribution in [0.3, 0.4) is 0 Å². The van der Waals surface area contributed by atoms with Crippen LogP contribution in [-0.2, 0) is 66.6 Å². The average Bonchev–Trinajstić information content (AvgIpc) is 3.18. The molecule has 2 aromatic carbocycles. The molecule has 0 spiro atoms. The Labute approximate surface area is 294 Å². The van der Waals surface area contributed by atoms with Crippen molar-refractivity contribution < 1.29 is 82.1 Å². The second-order valence-electron chi connectivity index (χ2n) is 16.6. The van der Waals surface area contributed by atoms with Crippen molar-refractivity contribution in [2.24, 2.45) is 0 Å². The maximum absolute atomic E-state index is 2.42. The van der Waals surface area contributed by atoms with Crippen molar-refractivity contribution in [2.45, 2.75) is 157 Å². The topological polar surface area (TPSA) is 0 Å². The van der Waals surface area contributed by atoms with Crippen molar-refractivity contribution in [3.63, 3.8) is 0 Å². The predicted octanol–water partition coefficient (Wildman–Crippen LogP) is 4.60. The van der Waals surface area contributed by atoms with E-state index in [4.69, 9.17) is 0 Å². The van der Waals surface area contributed by atoms with Gasteiger partial charge in [-0.3, -0.25) is 0 Å². The number of hydrogen-bond donors (Lipinski definition) is 0. The molecule has 0 atom stereocenters. The van der Waals surface area contributed by atoms with Crippen LogP contribution in [-0.4, -0.2) is 0 Å². The van der Waals surface area contributed by atoms with E-state index in [1.165, 1.54) is 33.4 Å². The first-order chi connectivity index (χ1) is 14.7. The summed E-state index contributed by atoms with van der Waals surface area (Å²) in [5.41, 5.74) is 10.4. The molecule has 0 N–H and O–H groups in total. The van der Waals surface area contributed by atoms with Crippen molar-refractivity contribution in [3.05, 3.63) is 57.6 Å². The van der Waals surface area contributed by atoms with E-state index < -0.39 is 0 Å². The smallest absolute Gasteiger partial charge is 1.00 e. The van der Waals surface area contributed by atoms with Crippen molar-refractivity contribution >= 4 is 0 Å². The van der Waals surface area contributed by atoms with Crippen LogP contribution in [0.15, 0.2) is 24.3 Å². The van der Waals surface area contributed by atoms with Crippen LogP contribution < -0.4 is 48.0 Å². The van der Waals surface area contributed by atoms with Crippen molar-refractivity contribution in [2.75, 3.05) is 0 Å². The normalized spacial score (nSPS) is 12.7. The van der Waals surface area contributed by atoms with Crippen LogP contribution in [0.2, 0.25) is 0 Å². The van der Waals surface area contributed by atoms with Gasteiger partial charge in [0.15, 0.2) is 0 Å². The fraction of sp³-hybridized carbons (Fsp3) is 0.706. The third kappa shape index (κ3) is 13.0. The zero-order valence-corrected chi connectivity index (χ0v) is 34.3. The van der Waals surface area contributed by atoms with Crippen LogP contribution in [0, 0.1) is 0 Å². The molecule has 0 saturated heterocycles. The van der Waals surface area contributed by atoms with Gasteiger partial charge in [0.25, 0.3) is 0 Å². The molecular weight excluding hydrogens is 774 g/mol. The van der Waals surface area contributed by atoms with E-state index in [9.17, 15) is 0 Å². The zero-order valence-electron chi connectivity index (χ0n) is 27.8. The monoisotopic (exact) mass is 832 g/mol. The van der Waals surface area contributed by atoms with Gasteiger partial charge in [0.1, 0.15) is 0 Å². The third-order valence-electron chi connectivity index (χ3n) is 6.74. The molecule has 0 bridgehead atoms. The Hall–Kier alpha value is 1.20. The van der Waals surface area contributed by atoms with Gasteiger partial charge in [0.2, 0.25) is 0 Å². The molecule has 0 heterocycles. The molecule has 0 aliphatic heterocycles. The minimum absolute atomic E-state index is 0. The summed E-state index contributed by atoms with van der Waals surface area (Å²) in [4.78, 5) is 0. The molecule has 0 aliphatic rings. The fourth-order valence-electron chi connectivity index (χ4n) is 4.36. The molecule has 2 aromatic rings. The minimum Gasteiger partial charge on any atom is -1.00 e. The molecular formula is C34H58Fe2I2. The van der Waals surface area contributed by atoms with E-state index in [0.717, 1.165) is 0 Å². The second kappa shape index (κ2) is 15.1. The molecule has 0 unspecified atom stereocenters. The Morgan fingerprint density at radius 2 is 0.579 bits per heavy atom. The van der Waals surface area contributed by atoms with Gasteiger partial charge in [-0.1, -0.05) is 135 Å². The van der Waals surface area contributed by atoms with Crippen molar-refractivity contribution in [1.29, 1.82) is 0 Å². The van der Waals surface area contributed by atoms with Crippen LogP contribution in [0.5, 0.6) is 0 Å². The molecule has 0 aliphatic carbocycles. The van der Waals surface area contributed by atoms with E-state index in [1.807, 2.05) is 0 Å². The molecule has 4 heteroatoms. The molecule has 38 heavy (non-hydrogen) atoms. The van der Waals surface area contributed by atoms with E-state index in [-0.39, 0.29) is 115 Å². The van der Waals surface area contributed by atoms with Crippen molar-refractivity contribution in [3.8, 4) is 0 Å². The molecule has 224 valence electrons. The molecule has 0 fully saturated rings. The van der Waals surface area contributed by atoms with Crippen LogP contribution in [0.1, 0.15) is 158 Å². The standard InChI is InChI=1S/2C17H29.2Fe.2HI/c2*1-15(2,3)12-10-13(16(4,5)6)14(11-12)17(7,8)9;;;;/h2*10-11H,1-9H3;;;2*1H/q2*-1;2*+2;;/p-2. The summed E-state index contributed by atoms with van der Waals surface area (Å²) in [5, 5.41) is 0. The first-order valence-corrected chi connectivity index (χ1v) is 13.3. The number of halogens is 2. The van der Waals surface area contributed by atoms with E-state index >= 15 is 0 Å². The average molecular weight is 832 g/mol. The Balaban J connectivity index is -0.000000275. The third-order valence-corrected chi connectivity index (χ3v) is 6.74. The first kappa shape index (κ1) is 46.2. The molecule has 0 radical (unpaired) electrons. The van der Waals surface area contributed by atoms with Gasteiger partial charge in [0.05, 0.1) is 0 Å². The maximum Gasteiger partial charge on any atom is 2.00 e. The van der Waals surface area contributed by atoms with Gasteiger partial charge in [0, 0.05) is 0 Å². The Morgan fingerprint density at radius 3 is 0.684 bits per heavy atom. The zero-order chi connectivity index (χ0) is 27.3. The van der Waals surface area contributed by atoms with Gasteiger partial charge in [-0.05, 0) is 21.7 Å². The maximum atomic E-state index is 2.42. The van der Waals surface area contributed by atoms with E-state index in [0.29, 0.717) is 0 Å². The summed E-state index contributed by atoms with van der Waals surface area (Å²) in [6, 6.07) is 9.67. The van der Waals surface area contributed by atoms with Crippen LogP contribution in [0.4, 0.5) is 0 Å². The molecule has 0 nitrogen and oxygen atoms in total. The molecule has 2 rings (SSSR count). The van der Waals surface area contributed by atoms with Gasteiger partial charge in [-0.15, -0.1) is 0 Å². The van der Waals surface area contributed by atoms with Crippen LogP contribution >= 0.6 is 0 Å². The summed E-state index contributed by atoms with van der Waals surface area (Å²) in [6.07, 6.45) is 0. The van der Waals surface area contributed by atoms with Crippen LogP contribution in [0.25, 0.3) is 0 Å². The van der Waals surface area contributed by atoms with Gasteiger partial charge in [-0.2, -0.15) is 45.5 Å². The molecule has 0 saturated carbocycles. The summed E-state index contributed by atoms with van der Waals surface area (Å²) in [5.74, 6) is 0. The summed E-state index contributed by atoms with van der Waals surface area (Å²) < 4.78 is 0. The fourth-order valence-corrected chi connectivity index (χ4v) is 4.36. The Morgan fingerprint density at radius 1 is 0.368 bits per heavy atom. The minimum atomic E-state index is 0. The predicted molar refractivity (Wildman–Crippen MR) is 156 cm³/mol. The second-order valence-corrected chi connectivity index (χ2v) is 16.6. The Bertz CT molecular complexity index is 806. The van der Waals surface area contributed by atoms with Gasteiger partial charge < -0.3 is 48.0 Å². The van der Waals surface area contributed by atoms with Gasteiger partial charge >= 0.3 is 34.1 Å². The largest absolute Gasteiger partial charge is 2.00 e.